The van der Waals surface area contributed by atoms with Gasteiger partial charge in [-0.05, 0) is 0 Å². The second-order valence-electron chi connectivity index (χ2n) is 2.58. The molecular weight excluding hydrogens is 128 g/mol. The molecule has 2 rings (SSSR count). The molecule has 10 heavy (non-hydrogen) atoms. The Labute approximate surface area is 59.6 Å². The number of rotatable bonds is 0. The summed E-state index contributed by atoms with van der Waals surface area (Å²) in [5, 5.41) is 4.29. The van der Waals surface area contributed by atoms with Crippen LogP contribution in [0.5, 0.6) is 0 Å². The average Bonchev–Trinajstić information content (AvgIpc) is 2.27. The summed E-state index contributed by atoms with van der Waals surface area (Å²) in [6, 6.07) is 0. The zero-order valence-electron chi connectivity index (χ0n) is 6.00. The summed E-state index contributed by atoms with van der Waals surface area (Å²) in [7, 11) is 1.94. The number of hydrogen-bond acceptors (Lipinski definition) is 2. The van der Waals surface area contributed by atoms with Crippen LogP contribution in [-0.4, -0.2) is 16.4 Å². The first-order chi connectivity index (χ1) is 4.86. The molecule has 0 saturated heterocycles. The van der Waals surface area contributed by atoms with Gasteiger partial charge in [-0.15, -0.1) is 0 Å². The van der Waals surface area contributed by atoms with Gasteiger partial charge in [0.1, 0.15) is 0 Å². The molecule has 0 unspecified atom stereocenters. The highest BCUT2D eigenvalue weighted by atomic mass is 16.5. The Morgan fingerprint density at radius 1 is 1.70 bits per heavy atom. The normalized spacial score (nSPS) is 16.9. The first kappa shape index (κ1) is 5.92. The van der Waals surface area contributed by atoms with E-state index in [0.717, 1.165) is 19.6 Å². The van der Waals surface area contributed by atoms with Crippen molar-refractivity contribution in [1.29, 1.82) is 0 Å². The highest BCUT2D eigenvalue weighted by Crippen LogP contribution is 2.13. The van der Waals surface area contributed by atoms with Crippen LogP contribution in [0.2, 0.25) is 0 Å². The highest BCUT2D eigenvalue weighted by molar-refractivity contribution is 5.17. The minimum absolute atomic E-state index is 0.739. The third kappa shape index (κ3) is 0.827. The van der Waals surface area contributed by atoms with Gasteiger partial charge >= 0.3 is 0 Å². The molecule has 0 N–H and O–H groups in total. The Morgan fingerprint density at radius 3 is 3.40 bits per heavy atom. The van der Waals surface area contributed by atoms with Gasteiger partial charge in [-0.3, -0.25) is 4.68 Å². The maximum Gasteiger partial charge on any atom is 0.0750 e. The van der Waals surface area contributed by atoms with Crippen LogP contribution in [0.25, 0.3) is 0 Å². The summed E-state index contributed by atoms with van der Waals surface area (Å²) in [5.41, 5.74) is 2.45. The molecule has 1 aliphatic rings. The first-order valence-electron chi connectivity index (χ1n) is 3.45. The smallest absolute Gasteiger partial charge is 0.0750 e. The first-order valence-corrected chi connectivity index (χ1v) is 3.45. The number of aryl methyl sites for hydroxylation is 1. The number of aromatic nitrogens is 2. The van der Waals surface area contributed by atoms with Gasteiger partial charge in [0.2, 0.25) is 0 Å². The Kier molecular flexibility index (Phi) is 1.24. The van der Waals surface area contributed by atoms with Crippen molar-refractivity contribution >= 4 is 0 Å². The van der Waals surface area contributed by atoms with Gasteiger partial charge in [0, 0.05) is 25.2 Å². The lowest BCUT2D eigenvalue weighted by atomic mass is 10.2. The lowest BCUT2D eigenvalue weighted by Crippen LogP contribution is -2.07. The molecule has 1 aliphatic heterocycles. The van der Waals surface area contributed by atoms with Crippen LogP contribution in [0.3, 0.4) is 0 Å². The fraction of sp³-hybridized carbons (Fsp3) is 0.571. The minimum atomic E-state index is 0.739. The fourth-order valence-electron chi connectivity index (χ4n) is 1.27. The van der Waals surface area contributed by atoms with Crippen molar-refractivity contribution in [3.63, 3.8) is 0 Å². The standard InChI is InChI=1S/C7H10N2O/c1-9-4-6-5-10-3-2-7(6)8-9/h4H,2-3,5H2,1H3. The quantitative estimate of drug-likeness (QED) is 0.521. The van der Waals surface area contributed by atoms with E-state index in [2.05, 4.69) is 5.10 Å². The molecule has 0 aliphatic carbocycles. The molecule has 0 bridgehead atoms. The molecule has 1 aromatic heterocycles. The maximum absolute atomic E-state index is 5.26. The summed E-state index contributed by atoms with van der Waals surface area (Å²) in [5.74, 6) is 0. The van der Waals surface area contributed by atoms with Crippen LogP contribution in [0, 0.1) is 0 Å². The largest absolute Gasteiger partial charge is 0.376 e. The monoisotopic (exact) mass is 138 g/mol. The van der Waals surface area contributed by atoms with Crippen molar-refractivity contribution in [2.45, 2.75) is 13.0 Å². The Morgan fingerprint density at radius 2 is 2.60 bits per heavy atom. The Hall–Kier alpha value is -0.830. The topological polar surface area (TPSA) is 27.1 Å². The SMILES string of the molecule is Cn1cc2c(n1)CCOC2. The van der Waals surface area contributed by atoms with Gasteiger partial charge in [0.25, 0.3) is 0 Å². The fourth-order valence-corrected chi connectivity index (χ4v) is 1.27. The van der Waals surface area contributed by atoms with Gasteiger partial charge in [-0.25, -0.2) is 0 Å². The predicted molar refractivity (Wildman–Crippen MR) is 36.6 cm³/mol. The van der Waals surface area contributed by atoms with E-state index in [0.29, 0.717) is 0 Å². The average molecular weight is 138 g/mol. The summed E-state index contributed by atoms with van der Waals surface area (Å²) >= 11 is 0. The third-order valence-corrected chi connectivity index (χ3v) is 1.73. The van der Waals surface area contributed by atoms with Crippen LogP contribution >= 0.6 is 0 Å². The van der Waals surface area contributed by atoms with Gasteiger partial charge in [-0.1, -0.05) is 0 Å². The van der Waals surface area contributed by atoms with Crippen molar-refractivity contribution in [2.24, 2.45) is 7.05 Å². The number of fused-ring (bicyclic) bond motifs is 1. The second-order valence-corrected chi connectivity index (χ2v) is 2.58. The van der Waals surface area contributed by atoms with E-state index < -0.39 is 0 Å². The lowest BCUT2D eigenvalue weighted by Gasteiger charge is -2.08. The Bertz CT molecular complexity index is 218. The second kappa shape index (κ2) is 2.09. The maximum atomic E-state index is 5.26. The molecule has 0 saturated carbocycles. The van der Waals surface area contributed by atoms with E-state index in [1.54, 1.807) is 0 Å². The van der Waals surface area contributed by atoms with E-state index in [-0.39, 0.29) is 0 Å². The molecule has 0 radical (unpaired) electrons. The molecule has 0 spiro atoms. The van der Waals surface area contributed by atoms with E-state index >= 15 is 0 Å². The van der Waals surface area contributed by atoms with Gasteiger partial charge in [0.05, 0.1) is 18.9 Å². The summed E-state index contributed by atoms with van der Waals surface area (Å²) in [6.07, 6.45) is 2.99. The molecule has 3 heteroatoms. The van der Waals surface area contributed by atoms with Gasteiger partial charge < -0.3 is 4.74 Å². The summed E-state index contributed by atoms with van der Waals surface area (Å²) in [6.45, 7) is 1.56. The Balaban J connectivity index is 2.41. The summed E-state index contributed by atoms with van der Waals surface area (Å²) in [4.78, 5) is 0. The molecule has 54 valence electrons. The zero-order valence-corrected chi connectivity index (χ0v) is 6.00. The highest BCUT2D eigenvalue weighted by Gasteiger charge is 2.11. The van der Waals surface area contributed by atoms with Crippen molar-refractivity contribution in [2.75, 3.05) is 6.61 Å². The number of nitrogens with zero attached hydrogens (tertiary/aromatic N) is 2. The van der Waals surface area contributed by atoms with E-state index in [9.17, 15) is 0 Å². The zero-order chi connectivity index (χ0) is 6.97. The van der Waals surface area contributed by atoms with Gasteiger partial charge in [-0.2, -0.15) is 5.10 Å². The molecule has 2 heterocycles. The van der Waals surface area contributed by atoms with Crippen molar-refractivity contribution in [3.8, 4) is 0 Å². The molecule has 3 nitrogen and oxygen atoms in total. The van der Waals surface area contributed by atoms with E-state index in [4.69, 9.17) is 4.74 Å². The molecule has 1 aromatic rings. The third-order valence-electron chi connectivity index (χ3n) is 1.73. The van der Waals surface area contributed by atoms with Crippen LogP contribution in [0.4, 0.5) is 0 Å². The van der Waals surface area contributed by atoms with Crippen LogP contribution in [-0.2, 0) is 24.8 Å². The minimum Gasteiger partial charge on any atom is -0.376 e. The van der Waals surface area contributed by atoms with Gasteiger partial charge in [0.15, 0.2) is 0 Å². The van der Waals surface area contributed by atoms with Crippen molar-refractivity contribution < 1.29 is 4.74 Å². The number of hydrogen-bond donors (Lipinski definition) is 0. The van der Waals surface area contributed by atoms with Crippen molar-refractivity contribution in [1.82, 2.24) is 9.78 Å². The van der Waals surface area contributed by atoms with E-state index in [1.807, 2.05) is 17.9 Å². The molecule has 0 fully saturated rings. The van der Waals surface area contributed by atoms with Crippen molar-refractivity contribution in [3.05, 3.63) is 17.5 Å². The van der Waals surface area contributed by atoms with E-state index in [1.165, 1.54) is 11.3 Å². The molecule has 0 amide bonds. The lowest BCUT2D eigenvalue weighted by molar-refractivity contribution is 0.110. The number of ether oxygens (including phenoxy) is 1. The van der Waals surface area contributed by atoms with Crippen LogP contribution < -0.4 is 0 Å². The molecular formula is C7H10N2O. The van der Waals surface area contributed by atoms with Crippen LogP contribution in [0.15, 0.2) is 6.20 Å². The summed E-state index contributed by atoms with van der Waals surface area (Å²) < 4.78 is 7.10. The predicted octanol–water partition coefficient (Wildman–Crippen LogP) is 0.493. The molecule has 0 atom stereocenters. The van der Waals surface area contributed by atoms with Crippen LogP contribution in [0.1, 0.15) is 11.3 Å². The molecule has 0 aromatic carbocycles.